The predicted octanol–water partition coefficient (Wildman–Crippen LogP) is 1.81. The molecule has 1 radical (unpaired) electrons. The molecule has 0 amide bonds. The predicted molar refractivity (Wildman–Crippen MR) is 36.4 cm³/mol. The van der Waals surface area contributed by atoms with Crippen molar-refractivity contribution < 1.29 is 37.8 Å². The van der Waals surface area contributed by atoms with Crippen molar-refractivity contribution in [1.29, 1.82) is 0 Å². The minimum atomic E-state index is 0. The first kappa shape index (κ1) is 10.1. The van der Waals surface area contributed by atoms with E-state index < -0.39 is 0 Å². The molecule has 0 unspecified atom stereocenters. The maximum Gasteiger partial charge on any atom is 0.0139 e. The van der Waals surface area contributed by atoms with Gasteiger partial charge in [0, 0.05) is 38.5 Å². The van der Waals surface area contributed by atoms with E-state index in [1.807, 2.05) is 13.8 Å². The SMILES string of the molecule is Cc1c[c-]cc(C)c1O.[Y]. The van der Waals surface area contributed by atoms with E-state index in [9.17, 15) is 5.11 Å². The Morgan fingerprint density at radius 3 is 1.90 bits per heavy atom. The molecule has 0 aliphatic carbocycles. The Labute approximate surface area is 86.3 Å². The van der Waals surface area contributed by atoms with E-state index in [4.69, 9.17) is 0 Å². The summed E-state index contributed by atoms with van der Waals surface area (Å²) >= 11 is 0. The van der Waals surface area contributed by atoms with Gasteiger partial charge in [0.15, 0.2) is 0 Å². The molecular formula is C8H9OY-. The maximum absolute atomic E-state index is 9.19. The van der Waals surface area contributed by atoms with Crippen LogP contribution in [0.15, 0.2) is 12.1 Å². The van der Waals surface area contributed by atoms with E-state index in [1.165, 1.54) is 0 Å². The number of rotatable bonds is 0. The number of benzene rings is 1. The molecular weight excluding hydrogens is 201 g/mol. The van der Waals surface area contributed by atoms with Crippen molar-refractivity contribution in [3.8, 4) is 5.75 Å². The zero-order valence-corrected chi connectivity index (χ0v) is 9.02. The van der Waals surface area contributed by atoms with Gasteiger partial charge in [-0.15, -0.1) is 11.1 Å². The fourth-order valence-corrected chi connectivity index (χ4v) is 0.739. The third-order valence-corrected chi connectivity index (χ3v) is 1.35. The zero-order valence-electron chi connectivity index (χ0n) is 6.18. The Balaban J connectivity index is 0.000000810. The van der Waals surface area contributed by atoms with Crippen molar-refractivity contribution in [3.63, 3.8) is 0 Å². The molecule has 0 spiro atoms. The van der Waals surface area contributed by atoms with Crippen molar-refractivity contribution in [3.05, 3.63) is 29.3 Å². The number of phenolic OH excluding ortho intramolecular Hbond substituents is 1. The van der Waals surface area contributed by atoms with E-state index >= 15 is 0 Å². The summed E-state index contributed by atoms with van der Waals surface area (Å²) in [6.07, 6.45) is 0. The van der Waals surface area contributed by atoms with Crippen molar-refractivity contribution in [2.45, 2.75) is 13.8 Å². The summed E-state index contributed by atoms with van der Waals surface area (Å²) < 4.78 is 0. The average Bonchev–Trinajstić information content (AvgIpc) is 1.83. The second-order valence-corrected chi connectivity index (χ2v) is 2.17. The monoisotopic (exact) mass is 210 g/mol. The van der Waals surface area contributed by atoms with Crippen LogP contribution in [-0.2, 0) is 32.7 Å². The molecule has 0 saturated carbocycles. The molecule has 2 heteroatoms. The standard InChI is InChI=1S/C8H9O.Y/c1-6-4-3-5-7(2)8(6)9;/h4-5,9H,1-2H3;/q-1;. The third-order valence-electron chi connectivity index (χ3n) is 1.35. The molecule has 1 aromatic rings. The Bertz CT molecular complexity index is 200. The Morgan fingerprint density at radius 2 is 1.60 bits per heavy atom. The summed E-state index contributed by atoms with van der Waals surface area (Å²) in [6, 6.07) is 6.44. The molecule has 0 atom stereocenters. The molecule has 0 fully saturated rings. The second-order valence-electron chi connectivity index (χ2n) is 2.17. The van der Waals surface area contributed by atoms with E-state index in [2.05, 4.69) is 6.07 Å². The zero-order chi connectivity index (χ0) is 6.85. The summed E-state index contributed by atoms with van der Waals surface area (Å²) in [5.41, 5.74) is 1.77. The molecule has 0 aromatic heterocycles. The molecule has 1 rings (SSSR count). The van der Waals surface area contributed by atoms with E-state index in [0.717, 1.165) is 11.1 Å². The Kier molecular flexibility index (Phi) is 4.15. The van der Waals surface area contributed by atoms with Gasteiger partial charge >= 0.3 is 0 Å². The molecule has 0 bridgehead atoms. The molecule has 0 saturated heterocycles. The summed E-state index contributed by atoms with van der Waals surface area (Å²) in [4.78, 5) is 0. The van der Waals surface area contributed by atoms with Crippen molar-refractivity contribution in [2.75, 3.05) is 0 Å². The summed E-state index contributed by atoms with van der Waals surface area (Å²) in [6.45, 7) is 3.72. The number of aryl methyl sites for hydroxylation is 2. The van der Waals surface area contributed by atoms with Gasteiger partial charge in [-0.2, -0.15) is 18.2 Å². The van der Waals surface area contributed by atoms with E-state index in [-0.39, 0.29) is 32.7 Å². The van der Waals surface area contributed by atoms with Crippen LogP contribution in [-0.4, -0.2) is 5.11 Å². The summed E-state index contributed by atoms with van der Waals surface area (Å²) in [5.74, 6) is 0.383. The molecule has 1 nitrogen and oxygen atoms in total. The van der Waals surface area contributed by atoms with Crippen LogP contribution < -0.4 is 0 Å². The molecule has 1 N–H and O–H groups in total. The van der Waals surface area contributed by atoms with Gasteiger partial charge < -0.3 is 5.11 Å². The third kappa shape index (κ3) is 2.07. The van der Waals surface area contributed by atoms with Gasteiger partial charge in [0.1, 0.15) is 0 Å². The van der Waals surface area contributed by atoms with Gasteiger partial charge in [-0.25, -0.2) is 0 Å². The molecule has 1 aromatic carbocycles. The van der Waals surface area contributed by atoms with Crippen LogP contribution in [0.2, 0.25) is 0 Å². The van der Waals surface area contributed by atoms with Crippen molar-refractivity contribution in [2.24, 2.45) is 0 Å². The van der Waals surface area contributed by atoms with Gasteiger partial charge in [0.2, 0.25) is 0 Å². The minimum absolute atomic E-state index is 0. The molecule has 0 aliphatic heterocycles. The summed E-state index contributed by atoms with van der Waals surface area (Å²) in [7, 11) is 0. The van der Waals surface area contributed by atoms with Gasteiger partial charge in [0.25, 0.3) is 0 Å². The Hall–Kier alpha value is 0.124. The van der Waals surface area contributed by atoms with Crippen LogP contribution in [0.1, 0.15) is 11.1 Å². The first-order valence-electron chi connectivity index (χ1n) is 2.88. The first-order valence-corrected chi connectivity index (χ1v) is 2.88. The van der Waals surface area contributed by atoms with Crippen LogP contribution in [0.25, 0.3) is 0 Å². The molecule has 0 heterocycles. The minimum Gasteiger partial charge on any atom is -0.533 e. The van der Waals surface area contributed by atoms with Crippen LogP contribution in [0.3, 0.4) is 0 Å². The number of phenols is 1. The quantitative estimate of drug-likeness (QED) is 0.647. The number of hydrogen-bond donors (Lipinski definition) is 1. The first-order chi connectivity index (χ1) is 4.22. The van der Waals surface area contributed by atoms with Crippen LogP contribution in [0, 0.1) is 19.9 Å². The fraction of sp³-hybridized carbons (Fsp3) is 0.250. The van der Waals surface area contributed by atoms with Gasteiger partial charge in [0.05, 0.1) is 0 Å². The average molecular weight is 210 g/mol. The molecule has 0 aliphatic rings. The van der Waals surface area contributed by atoms with Gasteiger partial charge in [-0.3, -0.25) is 0 Å². The topological polar surface area (TPSA) is 20.2 Å². The fourth-order valence-electron chi connectivity index (χ4n) is 0.739. The molecule has 10 heavy (non-hydrogen) atoms. The smallest absolute Gasteiger partial charge is 0.0139 e. The normalized spacial score (nSPS) is 8.60. The van der Waals surface area contributed by atoms with E-state index in [0.29, 0.717) is 5.75 Å². The van der Waals surface area contributed by atoms with Crippen LogP contribution in [0.5, 0.6) is 5.75 Å². The van der Waals surface area contributed by atoms with Crippen LogP contribution >= 0.6 is 0 Å². The number of aromatic hydroxyl groups is 1. The van der Waals surface area contributed by atoms with Crippen molar-refractivity contribution >= 4 is 0 Å². The van der Waals surface area contributed by atoms with Crippen molar-refractivity contribution in [1.82, 2.24) is 0 Å². The number of hydrogen-bond acceptors (Lipinski definition) is 1. The summed E-state index contributed by atoms with van der Waals surface area (Å²) in [5, 5.41) is 9.19. The second kappa shape index (κ2) is 4.10. The van der Waals surface area contributed by atoms with Crippen LogP contribution in [0.4, 0.5) is 0 Å². The molecule has 51 valence electrons. The van der Waals surface area contributed by atoms with Gasteiger partial charge in [-0.1, -0.05) is 13.8 Å². The Morgan fingerprint density at radius 1 is 1.20 bits per heavy atom. The maximum atomic E-state index is 9.19. The van der Waals surface area contributed by atoms with E-state index in [1.54, 1.807) is 12.1 Å². The van der Waals surface area contributed by atoms with Gasteiger partial charge in [-0.05, 0) is 0 Å². The largest absolute Gasteiger partial charge is 0.533 e.